The van der Waals surface area contributed by atoms with Crippen LogP contribution in [0, 0.1) is 5.92 Å². The van der Waals surface area contributed by atoms with Crippen molar-refractivity contribution < 1.29 is 0 Å². The molecule has 0 aliphatic heterocycles. The summed E-state index contributed by atoms with van der Waals surface area (Å²) in [5.74, 6) is 0.518. The van der Waals surface area contributed by atoms with E-state index < -0.39 is 0 Å². The summed E-state index contributed by atoms with van der Waals surface area (Å²) >= 11 is 0. The summed E-state index contributed by atoms with van der Waals surface area (Å²) in [5.41, 5.74) is 1.07. The van der Waals surface area contributed by atoms with Gasteiger partial charge in [0.15, 0.2) is 0 Å². The van der Waals surface area contributed by atoms with Gasteiger partial charge < -0.3 is 4.57 Å². The summed E-state index contributed by atoms with van der Waals surface area (Å²) in [6.45, 7) is 7.05. The molecule has 0 unspecified atom stereocenters. The highest BCUT2D eigenvalue weighted by atomic mass is 16.1. The molecule has 0 aromatic carbocycles. The summed E-state index contributed by atoms with van der Waals surface area (Å²) in [6, 6.07) is 3.85. The van der Waals surface area contributed by atoms with Gasteiger partial charge in [0.05, 0.1) is 0 Å². The minimum absolute atomic E-state index is 0.165. The van der Waals surface area contributed by atoms with Gasteiger partial charge in [-0.1, -0.05) is 26.8 Å². The Morgan fingerprint density at radius 1 is 1.46 bits per heavy atom. The Balaban J connectivity index is 3.02. The van der Waals surface area contributed by atoms with Crippen molar-refractivity contribution in [1.82, 2.24) is 4.57 Å². The molecule has 0 fully saturated rings. The maximum Gasteiger partial charge on any atom is 0.253 e. The van der Waals surface area contributed by atoms with E-state index in [0.29, 0.717) is 5.92 Å². The van der Waals surface area contributed by atoms with Crippen molar-refractivity contribution in [1.29, 1.82) is 0 Å². The summed E-state index contributed by atoms with van der Waals surface area (Å²) in [4.78, 5) is 11.7. The van der Waals surface area contributed by atoms with E-state index in [-0.39, 0.29) is 5.56 Å². The van der Waals surface area contributed by atoms with Crippen molar-refractivity contribution >= 4 is 0 Å². The van der Waals surface area contributed by atoms with Crippen molar-refractivity contribution in [2.24, 2.45) is 5.92 Å². The predicted molar refractivity (Wildman–Crippen MR) is 54.9 cm³/mol. The Morgan fingerprint density at radius 3 is 2.69 bits per heavy atom. The van der Waals surface area contributed by atoms with E-state index >= 15 is 0 Å². The van der Waals surface area contributed by atoms with Gasteiger partial charge in [0.2, 0.25) is 0 Å². The highest BCUT2D eigenvalue weighted by molar-refractivity contribution is 5.09. The molecule has 2 nitrogen and oxygen atoms in total. The molecule has 2 heteroatoms. The first-order valence-electron chi connectivity index (χ1n) is 4.83. The highest BCUT2D eigenvalue weighted by Crippen LogP contribution is 1.98. The molecule has 0 aliphatic carbocycles. The molecule has 0 radical (unpaired) electrons. The number of aromatic nitrogens is 1. The summed E-state index contributed by atoms with van der Waals surface area (Å²) in [6.07, 6.45) is 2.68. The molecule has 1 aromatic heterocycles. The Labute approximate surface area is 79.2 Å². The summed E-state index contributed by atoms with van der Waals surface area (Å²) in [7, 11) is 0. The van der Waals surface area contributed by atoms with Gasteiger partial charge in [-0.05, 0) is 18.4 Å². The van der Waals surface area contributed by atoms with Crippen molar-refractivity contribution in [3.05, 3.63) is 34.2 Å². The number of nitrogens with zero attached hydrogens (tertiary/aromatic N) is 1. The van der Waals surface area contributed by atoms with Crippen molar-refractivity contribution in [2.45, 2.75) is 33.7 Å². The van der Waals surface area contributed by atoms with Crippen LogP contribution in [0.2, 0.25) is 0 Å². The molecule has 0 N–H and O–H groups in total. The molecule has 0 spiro atoms. The largest absolute Gasteiger partial charge is 0.315 e. The average Bonchev–Trinajstić information content (AvgIpc) is 2.08. The standard InChI is InChI=1S/C11H17NO/c1-4-10-6-5-7-12(11(10)13)8-9(2)3/h5-7,9H,4,8H2,1-3H3. The third-order valence-electron chi connectivity index (χ3n) is 2.04. The zero-order chi connectivity index (χ0) is 9.84. The van der Waals surface area contributed by atoms with Crippen LogP contribution in [0.15, 0.2) is 23.1 Å². The fourth-order valence-corrected chi connectivity index (χ4v) is 1.39. The Hall–Kier alpha value is -1.05. The van der Waals surface area contributed by atoms with Crippen LogP contribution >= 0.6 is 0 Å². The van der Waals surface area contributed by atoms with E-state index in [1.165, 1.54) is 0 Å². The van der Waals surface area contributed by atoms with Gasteiger partial charge in [-0.2, -0.15) is 0 Å². The molecule has 0 saturated heterocycles. The van der Waals surface area contributed by atoms with Crippen LogP contribution in [-0.4, -0.2) is 4.57 Å². The molecular weight excluding hydrogens is 162 g/mol. The number of aryl methyl sites for hydroxylation is 1. The topological polar surface area (TPSA) is 22.0 Å². The van der Waals surface area contributed by atoms with Crippen LogP contribution in [0.5, 0.6) is 0 Å². The number of hydrogen-bond acceptors (Lipinski definition) is 1. The lowest BCUT2D eigenvalue weighted by Crippen LogP contribution is -2.24. The van der Waals surface area contributed by atoms with Gasteiger partial charge in [0.25, 0.3) is 5.56 Å². The Morgan fingerprint density at radius 2 is 2.15 bits per heavy atom. The van der Waals surface area contributed by atoms with E-state index in [1.807, 2.05) is 25.3 Å². The van der Waals surface area contributed by atoms with Gasteiger partial charge in [-0.15, -0.1) is 0 Å². The lowest BCUT2D eigenvalue weighted by molar-refractivity contribution is 0.509. The molecular formula is C11H17NO. The molecule has 0 amide bonds. The zero-order valence-electron chi connectivity index (χ0n) is 8.58. The first-order chi connectivity index (χ1) is 6.15. The molecule has 72 valence electrons. The lowest BCUT2D eigenvalue weighted by atomic mass is 10.2. The summed E-state index contributed by atoms with van der Waals surface area (Å²) in [5, 5.41) is 0. The predicted octanol–water partition coefficient (Wildman–Crippen LogP) is 2.07. The summed E-state index contributed by atoms with van der Waals surface area (Å²) < 4.78 is 1.80. The van der Waals surface area contributed by atoms with Crippen molar-refractivity contribution in [3.63, 3.8) is 0 Å². The number of hydrogen-bond donors (Lipinski definition) is 0. The molecule has 1 rings (SSSR count). The van der Waals surface area contributed by atoms with Gasteiger partial charge >= 0.3 is 0 Å². The van der Waals surface area contributed by atoms with Gasteiger partial charge in [-0.3, -0.25) is 4.79 Å². The Kier molecular flexibility index (Phi) is 3.29. The zero-order valence-corrected chi connectivity index (χ0v) is 8.58. The molecule has 0 atom stereocenters. The van der Waals surface area contributed by atoms with E-state index in [9.17, 15) is 4.79 Å². The molecule has 0 aliphatic rings. The molecule has 0 bridgehead atoms. The molecule has 1 heterocycles. The molecule has 1 aromatic rings. The second-order valence-corrected chi connectivity index (χ2v) is 3.74. The van der Waals surface area contributed by atoms with Crippen LogP contribution in [0.25, 0.3) is 0 Å². The quantitative estimate of drug-likeness (QED) is 0.696. The van der Waals surface area contributed by atoms with Crippen LogP contribution in [0.4, 0.5) is 0 Å². The van der Waals surface area contributed by atoms with E-state index in [1.54, 1.807) is 4.57 Å². The van der Waals surface area contributed by atoms with Crippen LogP contribution < -0.4 is 5.56 Å². The minimum atomic E-state index is 0.165. The smallest absolute Gasteiger partial charge is 0.253 e. The average molecular weight is 179 g/mol. The van der Waals surface area contributed by atoms with Gasteiger partial charge in [0, 0.05) is 18.3 Å². The number of pyridine rings is 1. The normalized spacial score (nSPS) is 10.8. The first-order valence-corrected chi connectivity index (χ1v) is 4.83. The highest BCUT2D eigenvalue weighted by Gasteiger charge is 2.01. The maximum absolute atomic E-state index is 11.7. The molecule has 0 saturated carbocycles. The minimum Gasteiger partial charge on any atom is -0.315 e. The number of rotatable bonds is 3. The Bertz CT molecular complexity index is 325. The fraction of sp³-hybridized carbons (Fsp3) is 0.545. The third-order valence-corrected chi connectivity index (χ3v) is 2.04. The molecule has 13 heavy (non-hydrogen) atoms. The fourth-order valence-electron chi connectivity index (χ4n) is 1.39. The SMILES string of the molecule is CCc1cccn(CC(C)C)c1=O. The van der Waals surface area contributed by atoms with E-state index in [0.717, 1.165) is 18.5 Å². The second-order valence-electron chi connectivity index (χ2n) is 3.74. The van der Waals surface area contributed by atoms with Crippen LogP contribution in [-0.2, 0) is 13.0 Å². The monoisotopic (exact) mass is 179 g/mol. The first kappa shape index (κ1) is 10.0. The van der Waals surface area contributed by atoms with Crippen LogP contribution in [0.3, 0.4) is 0 Å². The van der Waals surface area contributed by atoms with Crippen molar-refractivity contribution in [3.8, 4) is 0 Å². The third kappa shape index (κ3) is 2.44. The van der Waals surface area contributed by atoms with Crippen molar-refractivity contribution in [2.75, 3.05) is 0 Å². The van der Waals surface area contributed by atoms with E-state index in [4.69, 9.17) is 0 Å². The van der Waals surface area contributed by atoms with Crippen LogP contribution in [0.1, 0.15) is 26.3 Å². The van der Waals surface area contributed by atoms with E-state index in [2.05, 4.69) is 13.8 Å². The maximum atomic E-state index is 11.7. The van der Waals surface area contributed by atoms with Gasteiger partial charge in [-0.25, -0.2) is 0 Å². The second kappa shape index (κ2) is 4.26. The van der Waals surface area contributed by atoms with Gasteiger partial charge in [0.1, 0.15) is 0 Å². The lowest BCUT2D eigenvalue weighted by Gasteiger charge is -2.09.